The van der Waals surface area contributed by atoms with Crippen LogP contribution in [0.1, 0.15) is 19.1 Å². The highest BCUT2D eigenvalue weighted by Crippen LogP contribution is 2.22. The van der Waals surface area contributed by atoms with Crippen molar-refractivity contribution < 1.29 is 18.7 Å². The number of carbonyl (C=O) groups is 1. The standard InChI is InChI=1S/C13H19N3O4/c1-13(18-6-7-19-13)8-11(17)15-14-9-10-4-5-12(20-10)16(2)3/h4-5,9H,6-8H2,1-3H3,(H,15,17). The number of hydrogen-bond acceptors (Lipinski definition) is 6. The number of hydrazone groups is 1. The molecule has 0 bridgehead atoms. The first-order valence-corrected chi connectivity index (χ1v) is 6.35. The molecule has 20 heavy (non-hydrogen) atoms. The smallest absolute Gasteiger partial charge is 0.245 e. The number of amides is 1. The lowest BCUT2D eigenvalue weighted by atomic mass is 10.2. The molecule has 2 rings (SSSR count). The molecule has 1 N–H and O–H groups in total. The van der Waals surface area contributed by atoms with Crippen molar-refractivity contribution in [3.05, 3.63) is 17.9 Å². The van der Waals surface area contributed by atoms with E-state index in [2.05, 4.69) is 10.5 Å². The minimum absolute atomic E-state index is 0.103. The first-order chi connectivity index (χ1) is 9.48. The monoisotopic (exact) mass is 281 g/mol. The van der Waals surface area contributed by atoms with Crippen LogP contribution >= 0.6 is 0 Å². The van der Waals surface area contributed by atoms with Gasteiger partial charge in [0.2, 0.25) is 5.91 Å². The predicted octanol–water partition coefficient (Wildman–Crippen LogP) is 0.949. The lowest BCUT2D eigenvalue weighted by Gasteiger charge is -2.20. The Bertz CT molecular complexity index is 490. The second-order valence-corrected chi connectivity index (χ2v) is 4.87. The molecule has 0 aromatic carbocycles. The summed E-state index contributed by atoms with van der Waals surface area (Å²) in [4.78, 5) is 13.5. The minimum atomic E-state index is -0.845. The molecule has 1 saturated heterocycles. The molecule has 1 aromatic heterocycles. The molecule has 0 atom stereocenters. The number of nitrogens with zero attached hydrogens (tertiary/aromatic N) is 2. The fourth-order valence-corrected chi connectivity index (χ4v) is 1.81. The third-order valence-corrected chi connectivity index (χ3v) is 2.81. The maximum atomic E-state index is 11.7. The van der Waals surface area contributed by atoms with Crippen molar-refractivity contribution in [2.45, 2.75) is 19.1 Å². The normalized spacial score (nSPS) is 17.6. The molecule has 1 amide bonds. The van der Waals surface area contributed by atoms with Crippen LogP contribution < -0.4 is 10.3 Å². The number of anilines is 1. The maximum Gasteiger partial charge on any atom is 0.245 e. The first-order valence-electron chi connectivity index (χ1n) is 6.35. The molecular formula is C13H19N3O4. The van der Waals surface area contributed by atoms with Crippen molar-refractivity contribution in [1.29, 1.82) is 0 Å². The molecule has 2 heterocycles. The number of hydrogen-bond donors (Lipinski definition) is 1. The van der Waals surface area contributed by atoms with E-state index < -0.39 is 5.79 Å². The van der Waals surface area contributed by atoms with Gasteiger partial charge in [0.25, 0.3) is 0 Å². The van der Waals surface area contributed by atoms with E-state index in [1.165, 1.54) is 6.21 Å². The van der Waals surface area contributed by atoms with E-state index in [0.29, 0.717) is 19.0 Å². The van der Waals surface area contributed by atoms with Crippen molar-refractivity contribution in [3.63, 3.8) is 0 Å². The van der Waals surface area contributed by atoms with Gasteiger partial charge in [0.1, 0.15) is 5.76 Å². The average Bonchev–Trinajstić information content (AvgIpc) is 2.98. The van der Waals surface area contributed by atoms with Gasteiger partial charge in [-0.25, -0.2) is 5.43 Å². The van der Waals surface area contributed by atoms with Crippen LogP contribution in [0.25, 0.3) is 0 Å². The maximum absolute atomic E-state index is 11.7. The van der Waals surface area contributed by atoms with Crippen molar-refractivity contribution in [1.82, 2.24) is 5.43 Å². The fraction of sp³-hybridized carbons (Fsp3) is 0.538. The summed E-state index contributed by atoms with van der Waals surface area (Å²) < 4.78 is 16.1. The van der Waals surface area contributed by atoms with Gasteiger partial charge in [-0.05, 0) is 13.0 Å². The zero-order valence-electron chi connectivity index (χ0n) is 11.9. The molecule has 1 aromatic rings. The van der Waals surface area contributed by atoms with Crippen LogP contribution in [-0.4, -0.2) is 45.2 Å². The van der Waals surface area contributed by atoms with E-state index in [0.717, 1.165) is 5.88 Å². The molecular weight excluding hydrogens is 262 g/mol. The summed E-state index contributed by atoms with van der Waals surface area (Å²) in [7, 11) is 3.76. The summed E-state index contributed by atoms with van der Waals surface area (Å²) in [6, 6.07) is 3.60. The third-order valence-electron chi connectivity index (χ3n) is 2.81. The molecule has 110 valence electrons. The summed E-state index contributed by atoms with van der Waals surface area (Å²) >= 11 is 0. The van der Waals surface area contributed by atoms with Crippen LogP contribution in [0, 0.1) is 0 Å². The van der Waals surface area contributed by atoms with Crippen molar-refractivity contribution >= 4 is 18.0 Å². The van der Waals surface area contributed by atoms with Gasteiger partial charge >= 0.3 is 0 Å². The number of rotatable bonds is 5. The molecule has 1 aliphatic rings. The van der Waals surface area contributed by atoms with Crippen molar-refractivity contribution in [2.24, 2.45) is 5.10 Å². The lowest BCUT2D eigenvalue weighted by Crippen LogP contribution is -2.33. The predicted molar refractivity (Wildman–Crippen MR) is 73.7 cm³/mol. The van der Waals surface area contributed by atoms with Gasteiger partial charge in [0.05, 0.1) is 25.8 Å². The highest BCUT2D eigenvalue weighted by molar-refractivity contribution is 5.81. The molecule has 1 fully saturated rings. The SMILES string of the molecule is CN(C)c1ccc(C=NNC(=O)CC2(C)OCCO2)o1. The molecule has 7 heteroatoms. The quantitative estimate of drug-likeness (QED) is 0.642. The Labute approximate surface area is 117 Å². The molecule has 0 aliphatic carbocycles. The molecule has 0 radical (unpaired) electrons. The third kappa shape index (κ3) is 3.82. The van der Waals surface area contributed by atoms with Gasteiger partial charge in [-0.2, -0.15) is 5.10 Å². The van der Waals surface area contributed by atoms with Crippen LogP contribution in [0.15, 0.2) is 21.7 Å². The Balaban J connectivity index is 1.81. The lowest BCUT2D eigenvalue weighted by molar-refractivity contribution is -0.159. The van der Waals surface area contributed by atoms with Gasteiger partial charge in [-0.1, -0.05) is 0 Å². The van der Waals surface area contributed by atoms with Crippen LogP contribution in [0.3, 0.4) is 0 Å². The largest absolute Gasteiger partial charge is 0.440 e. The summed E-state index contributed by atoms with van der Waals surface area (Å²) in [5.74, 6) is 0.166. The second kappa shape index (κ2) is 6.06. The van der Waals surface area contributed by atoms with Gasteiger partial charge in [0, 0.05) is 20.2 Å². The van der Waals surface area contributed by atoms with Crippen molar-refractivity contribution in [2.75, 3.05) is 32.2 Å². The number of ether oxygens (including phenoxy) is 2. The molecule has 1 aliphatic heterocycles. The van der Waals surface area contributed by atoms with Gasteiger partial charge in [-0.15, -0.1) is 0 Å². The average molecular weight is 281 g/mol. The van der Waals surface area contributed by atoms with Gasteiger partial charge < -0.3 is 18.8 Å². The Morgan fingerprint density at radius 2 is 2.15 bits per heavy atom. The van der Waals surface area contributed by atoms with E-state index in [4.69, 9.17) is 13.9 Å². The first kappa shape index (κ1) is 14.5. The molecule has 0 unspecified atom stereocenters. The van der Waals surface area contributed by atoms with Gasteiger partial charge in [-0.3, -0.25) is 4.79 Å². The van der Waals surface area contributed by atoms with Crippen molar-refractivity contribution in [3.8, 4) is 0 Å². The van der Waals surface area contributed by atoms with E-state index in [9.17, 15) is 4.79 Å². The molecule has 0 spiro atoms. The number of furan rings is 1. The van der Waals surface area contributed by atoms with E-state index in [1.54, 1.807) is 13.0 Å². The van der Waals surface area contributed by atoms with Crippen LogP contribution in [-0.2, 0) is 14.3 Å². The van der Waals surface area contributed by atoms with Crippen LogP contribution in [0.4, 0.5) is 5.88 Å². The zero-order valence-corrected chi connectivity index (χ0v) is 11.9. The fourth-order valence-electron chi connectivity index (χ4n) is 1.81. The molecule has 0 saturated carbocycles. The Kier molecular flexibility index (Phi) is 4.41. The Morgan fingerprint density at radius 3 is 2.75 bits per heavy atom. The Morgan fingerprint density at radius 1 is 1.45 bits per heavy atom. The van der Waals surface area contributed by atoms with E-state index in [-0.39, 0.29) is 12.3 Å². The number of carbonyl (C=O) groups excluding carboxylic acids is 1. The summed E-state index contributed by atoms with van der Waals surface area (Å²) in [5.41, 5.74) is 2.42. The highest BCUT2D eigenvalue weighted by atomic mass is 16.7. The Hall–Kier alpha value is -1.86. The second-order valence-electron chi connectivity index (χ2n) is 4.87. The molecule has 7 nitrogen and oxygen atoms in total. The highest BCUT2D eigenvalue weighted by Gasteiger charge is 2.33. The summed E-state index contributed by atoms with van der Waals surface area (Å²) in [5, 5.41) is 3.84. The zero-order chi connectivity index (χ0) is 14.6. The summed E-state index contributed by atoms with van der Waals surface area (Å²) in [6.07, 6.45) is 1.55. The number of nitrogens with one attached hydrogen (secondary N) is 1. The van der Waals surface area contributed by atoms with E-state index in [1.807, 2.05) is 25.1 Å². The van der Waals surface area contributed by atoms with Crippen LogP contribution in [0.5, 0.6) is 0 Å². The van der Waals surface area contributed by atoms with Crippen LogP contribution in [0.2, 0.25) is 0 Å². The topological polar surface area (TPSA) is 76.3 Å². The minimum Gasteiger partial charge on any atom is -0.440 e. The van der Waals surface area contributed by atoms with E-state index >= 15 is 0 Å². The van der Waals surface area contributed by atoms with Gasteiger partial charge in [0.15, 0.2) is 11.7 Å². The summed E-state index contributed by atoms with van der Waals surface area (Å²) in [6.45, 7) is 2.75.